The minimum absolute atomic E-state index is 0.0248. The molecule has 3 nitrogen and oxygen atoms in total. The third-order valence-corrected chi connectivity index (χ3v) is 4.14. The molecular formula is C13H16BrClN2O. The van der Waals surface area contributed by atoms with Crippen LogP contribution in [0.4, 0.5) is 0 Å². The first-order valence-electron chi connectivity index (χ1n) is 6.22. The molecule has 0 spiro atoms. The van der Waals surface area contributed by atoms with E-state index in [0.717, 1.165) is 11.0 Å². The van der Waals surface area contributed by atoms with E-state index in [2.05, 4.69) is 20.9 Å². The first-order chi connectivity index (χ1) is 8.61. The number of pyridine rings is 1. The number of hydrogen-bond acceptors (Lipinski definition) is 2. The topological polar surface area (TPSA) is 33.2 Å². The van der Waals surface area contributed by atoms with Crippen LogP contribution >= 0.6 is 27.5 Å². The van der Waals surface area contributed by atoms with Gasteiger partial charge in [-0.3, -0.25) is 4.79 Å². The van der Waals surface area contributed by atoms with Gasteiger partial charge in [0.1, 0.15) is 5.15 Å². The van der Waals surface area contributed by atoms with Crippen molar-refractivity contribution < 1.29 is 4.79 Å². The van der Waals surface area contributed by atoms with Gasteiger partial charge >= 0.3 is 0 Å². The molecule has 1 amide bonds. The Bertz CT molecular complexity index is 449. The molecule has 1 heterocycles. The molecule has 2 rings (SSSR count). The van der Waals surface area contributed by atoms with E-state index in [1.54, 1.807) is 12.3 Å². The van der Waals surface area contributed by atoms with Crippen molar-refractivity contribution in [1.82, 2.24) is 9.88 Å². The summed E-state index contributed by atoms with van der Waals surface area (Å²) in [6.07, 6.45) is 5.35. The maximum atomic E-state index is 12.4. The van der Waals surface area contributed by atoms with Crippen LogP contribution in [0.25, 0.3) is 0 Å². The molecule has 1 aliphatic rings. The minimum atomic E-state index is -0.0248. The fraction of sp³-hybridized carbons (Fsp3) is 0.538. The summed E-state index contributed by atoms with van der Waals surface area (Å²) in [6, 6.07) is 1.74. The Labute approximate surface area is 121 Å². The second-order valence-electron chi connectivity index (χ2n) is 4.63. The van der Waals surface area contributed by atoms with E-state index in [0.29, 0.717) is 18.0 Å². The van der Waals surface area contributed by atoms with Gasteiger partial charge in [0.25, 0.3) is 5.91 Å². The average molecular weight is 332 g/mol. The van der Waals surface area contributed by atoms with Gasteiger partial charge in [-0.2, -0.15) is 0 Å². The summed E-state index contributed by atoms with van der Waals surface area (Å²) in [7, 11) is 0. The van der Waals surface area contributed by atoms with Gasteiger partial charge in [0.05, 0.1) is 5.56 Å². The molecule has 0 N–H and O–H groups in total. The highest BCUT2D eigenvalue weighted by Crippen LogP contribution is 2.28. The third kappa shape index (κ3) is 3.04. The molecule has 5 heteroatoms. The summed E-state index contributed by atoms with van der Waals surface area (Å²) in [5, 5.41) is 0.273. The summed E-state index contributed by atoms with van der Waals surface area (Å²) >= 11 is 9.32. The van der Waals surface area contributed by atoms with Crippen LogP contribution in [0.3, 0.4) is 0 Å². The first-order valence-corrected chi connectivity index (χ1v) is 7.39. The van der Waals surface area contributed by atoms with Crippen molar-refractivity contribution in [3.05, 3.63) is 27.5 Å². The number of carbonyl (C=O) groups is 1. The number of rotatable bonds is 4. The van der Waals surface area contributed by atoms with Gasteiger partial charge in [-0.15, -0.1) is 0 Å². The van der Waals surface area contributed by atoms with Gasteiger partial charge in [0.2, 0.25) is 0 Å². The Morgan fingerprint density at radius 3 is 2.89 bits per heavy atom. The van der Waals surface area contributed by atoms with Gasteiger partial charge in [-0.1, -0.05) is 18.0 Å². The standard InChI is InChI=1S/C13H16BrClN2O/c1-2-17(8-9-4-3-5-9)13(18)11-6-10(14)7-16-12(11)15/h6-7,9H,2-5,8H2,1H3. The maximum absolute atomic E-state index is 12.4. The van der Waals surface area contributed by atoms with Gasteiger partial charge in [-0.25, -0.2) is 4.98 Å². The lowest BCUT2D eigenvalue weighted by atomic mass is 9.85. The lowest BCUT2D eigenvalue weighted by Crippen LogP contribution is -2.37. The van der Waals surface area contributed by atoms with E-state index in [9.17, 15) is 4.79 Å². The van der Waals surface area contributed by atoms with E-state index in [-0.39, 0.29) is 11.1 Å². The van der Waals surface area contributed by atoms with Crippen molar-refractivity contribution in [1.29, 1.82) is 0 Å². The predicted octanol–water partition coefficient (Wildman–Crippen LogP) is 3.76. The molecule has 0 radical (unpaired) electrons. The minimum Gasteiger partial charge on any atom is -0.339 e. The van der Waals surface area contributed by atoms with Crippen LogP contribution < -0.4 is 0 Å². The largest absolute Gasteiger partial charge is 0.339 e. The van der Waals surface area contributed by atoms with Crippen LogP contribution in [0, 0.1) is 5.92 Å². The summed E-state index contributed by atoms with van der Waals surface area (Å²) in [4.78, 5) is 18.3. The highest BCUT2D eigenvalue weighted by Gasteiger charge is 2.24. The number of aromatic nitrogens is 1. The molecule has 1 aliphatic carbocycles. The van der Waals surface area contributed by atoms with Gasteiger partial charge < -0.3 is 4.90 Å². The lowest BCUT2D eigenvalue weighted by molar-refractivity contribution is 0.0706. The molecule has 1 saturated carbocycles. The van der Waals surface area contributed by atoms with Gasteiger partial charge in [0.15, 0.2) is 0 Å². The summed E-state index contributed by atoms with van der Waals surface area (Å²) in [5.41, 5.74) is 0.479. The van der Waals surface area contributed by atoms with Crippen LogP contribution in [0.1, 0.15) is 36.5 Å². The Hall–Kier alpha value is -0.610. The molecule has 0 aliphatic heterocycles. The molecule has 0 aromatic carbocycles. The Morgan fingerprint density at radius 1 is 1.61 bits per heavy atom. The zero-order valence-corrected chi connectivity index (χ0v) is 12.7. The quantitative estimate of drug-likeness (QED) is 0.787. The third-order valence-electron chi connectivity index (χ3n) is 3.41. The molecule has 1 fully saturated rings. The molecular weight excluding hydrogens is 316 g/mol. The number of amides is 1. The van der Waals surface area contributed by atoms with E-state index in [1.807, 2.05) is 11.8 Å². The Kier molecular flexibility index (Phi) is 4.62. The molecule has 1 aromatic heterocycles. The summed E-state index contributed by atoms with van der Waals surface area (Å²) in [5.74, 6) is 0.635. The fourth-order valence-corrected chi connectivity index (χ4v) is 2.60. The SMILES string of the molecule is CCN(CC1CCC1)C(=O)c1cc(Br)cnc1Cl. The second kappa shape index (κ2) is 6.02. The first kappa shape index (κ1) is 13.8. The predicted molar refractivity (Wildman–Crippen MR) is 75.9 cm³/mol. The molecule has 98 valence electrons. The second-order valence-corrected chi connectivity index (χ2v) is 5.91. The van der Waals surface area contributed by atoms with E-state index < -0.39 is 0 Å². The van der Waals surface area contributed by atoms with Crippen LogP contribution in [0.15, 0.2) is 16.7 Å². The molecule has 0 bridgehead atoms. The van der Waals surface area contributed by atoms with Crippen molar-refractivity contribution in [2.45, 2.75) is 26.2 Å². The van der Waals surface area contributed by atoms with Crippen molar-refractivity contribution in [2.24, 2.45) is 5.92 Å². The highest BCUT2D eigenvalue weighted by molar-refractivity contribution is 9.10. The lowest BCUT2D eigenvalue weighted by Gasteiger charge is -2.31. The molecule has 0 unspecified atom stereocenters. The van der Waals surface area contributed by atoms with Crippen LogP contribution in [0.2, 0.25) is 5.15 Å². The zero-order chi connectivity index (χ0) is 13.1. The Morgan fingerprint density at radius 2 is 2.33 bits per heavy atom. The van der Waals surface area contributed by atoms with Crippen LogP contribution in [-0.2, 0) is 0 Å². The van der Waals surface area contributed by atoms with Crippen molar-refractivity contribution in [2.75, 3.05) is 13.1 Å². The molecule has 1 aromatic rings. The maximum Gasteiger partial charge on any atom is 0.257 e. The van der Waals surface area contributed by atoms with Crippen LogP contribution in [-0.4, -0.2) is 28.9 Å². The highest BCUT2D eigenvalue weighted by atomic mass is 79.9. The normalized spacial score (nSPS) is 15.3. The fourth-order valence-electron chi connectivity index (χ4n) is 2.09. The monoisotopic (exact) mass is 330 g/mol. The number of carbonyl (C=O) groups excluding carboxylic acids is 1. The smallest absolute Gasteiger partial charge is 0.257 e. The van der Waals surface area contributed by atoms with Crippen molar-refractivity contribution in [3.63, 3.8) is 0 Å². The van der Waals surface area contributed by atoms with Crippen LogP contribution in [0.5, 0.6) is 0 Å². The van der Waals surface area contributed by atoms with Crippen molar-refractivity contribution >= 4 is 33.4 Å². The van der Waals surface area contributed by atoms with E-state index in [1.165, 1.54) is 19.3 Å². The average Bonchev–Trinajstić information content (AvgIpc) is 2.30. The Balaban J connectivity index is 2.14. The molecule has 0 atom stereocenters. The number of nitrogens with zero attached hydrogens (tertiary/aromatic N) is 2. The molecule has 18 heavy (non-hydrogen) atoms. The number of halogens is 2. The van der Waals surface area contributed by atoms with Gasteiger partial charge in [0, 0.05) is 23.8 Å². The van der Waals surface area contributed by atoms with Gasteiger partial charge in [-0.05, 0) is 47.7 Å². The summed E-state index contributed by atoms with van der Waals surface area (Å²) in [6.45, 7) is 3.53. The summed E-state index contributed by atoms with van der Waals surface area (Å²) < 4.78 is 0.773. The van der Waals surface area contributed by atoms with E-state index in [4.69, 9.17) is 11.6 Å². The number of hydrogen-bond donors (Lipinski definition) is 0. The van der Waals surface area contributed by atoms with E-state index >= 15 is 0 Å². The molecule has 0 saturated heterocycles. The van der Waals surface area contributed by atoms with Crippen molar-refractivity contribution in [3.8, 4) is 0 Å². The zero-order valence-electron chi connectivity index (χ0n) is 10.3.